The molecule has 0 radical (unpaired) electrons. The number of carbonyl (C=O) groups is 4. The van der Waals surface area contributed by atoms with Crippen LogP contribution in [0.4, 0.5) is 4.79 Å². The van der Waals surface area contributed by atoms with Crippen molar-refractivity contribution in [3.05, 3.63) is 23.8 Å². The molecule has 2 heterocycles. The Labute approximate surface area is 167 Å². The van der Waals surface area contributed by atoms with E-state index in [2.05, 4.69) is 16.0 Å². The number of nitrogens with zero attached hydrogens (tertiary/aromatic N) is 1. The lowest BCUT2D eigenvalue weighted by molar-refractivity contribution is -0.135. The number of likely N-dealkylation sites (N-methyl/N-ethyl adjacent to an activating group) is 1. The van der Waals surface area contributed by atoms with Crippen LogP contribution in [0.15, 0.2) is 18.2 Å². The van der Waals surface area contributed by atoms with Gasteiger partial charge in [-0.3, -0.25) is 19.3 Å². The van der Waals surface area contributed by atoms with Crippen LogP contribution in [0.3, 0.4) is 0 Å². The fourth-order valence-electron chi connectivity index (χ4n) is 3.29. The maximum absolute atomic E-state index is 12.9. The highest BCUT2D eigenvalue weighted by molar-refractivity contribution is 6.09. The van der Waals surface area contributed by atoms with Gasteiger partial charge in [0.25, 0.3) is 5.91 Å². The zero-order valence-electron chi connectivity index (χ0n) is 16.5. The molecule has 0 aliphatic carbocycles. The lowest BCUT2D eigenvalue weighted by Crippen LogP contribution is -2.49. The van der Waals surface area contributed by atoms with E-state index in [-0.39, 0.29) is 19.1 Å². The Morgan fingerprint density at radius 1 is 1.28 bits per heavy atom. The Bertz CT molecular complexity index is 857. The second-order valence-electron chi connectivity index (χ2n) is 7.20. The second-order valence-corrected chi connectivity index (χ2v) is 7.20. The van der Waals surface area contributed by atoms with Crippen LogP contribution in [0.1, 0.15) is 26.3 Å². The molecule has 156 valence electrons. The molecule has 0 spiro atoms. The third-order valence-corrected chi connectivity index (χ3v) is 4.76. The number of carbonyl (C=O) groups excluding carboxylic acids is 4. The van der Waals surface area contributed by atoms with E-state index in [1.54, 1.807) is 32.0 Å². The Hall–Kier alpha value is -3.30. The van der Waals surface area contributed by atoms with Crippen LogP contribution in [0.2, 0.25) is 0 Å². The highest BCUT2D eigenvalue weighted by Gasteiger charge is 2.48. The lowest BCUT2D eigenvalue weighted by Gasteiger charge is -2.22. The average molecular weight is 404 g/mol. The molecule has 5 amide bonds. The number of imide groups is 1. The third kappa shape index (κ3) is 4.25. The summed E-state index contributed by atoms with van der Waals surface area (Å²) in [7, 11) is 0. The predicted octanol–water partition coefficient (Wildman–Crippen LogP) is -0.0909. The van der Waals surface area contributed by atoms with Gasteiger partial charge in [-0.2, -0.15) is 0 Å². The molecular weight excluding hydrogens is 380 g/mol. The fraction of sp³-hybridized carbons (Fsp3) is 0.474. The van der Waals surface area contributed by atoms with E-state index >= 15 is 0 Å². The summed E-state index contributed by atoms with van der Waals surface area (Å²) in [6.45, 7) is 5.00. The normalized spacial score (nSPS) is 21.0. The molecule has 1 fully saturated rings. The SMILES string of the molecule is CCNC(=O)[C@H](C)NC(=O)CN1C(=O)N[C@@](C)(Cc2ccc3c(c2)OCO3)C1=O. The van der Waals surface area contributed by atoms with Gasteiger partial charge in [0.2, 0.25) is 18.6 Å². The van der Waals surface area contributed by atoms with E-state index in [0.717, 1.165) is 10.5 Å². The maximum atomic E-state index is 12.9. The molecule has 3 rings (SSSR count). The van der Waals surface area contributed by atoms with Crippen LogP contribution in [0.25, 0.3) is 0 Å². The monoisotopic (exact) mass is 404 g/mol. The average Bonchev–Trinajstić information content (AvgIpc) is 3.20. The first-order valence-corrected chi connectivity index (χ1v) is 9.33. The Balaban J connectivity index is 1.64. The smallest absolute Gasteiger partial charge is 0.325 e. The highest BCUT2D eigenvalue weighted by Crippen LogP contribution is 2.34. The number of benzene rings is 1. The summed E-state index contributed by atoms with van der Waals surface area (Å²) in [6.07, 6.45) is 0.224. The summed E-state index contributed by atoms with van der Waals surface area (Å²) >= 11 is 0. The summed E-state index contributed by atoms with van der Waals surface area (Å²) in [4.78, 5) is 50.0. The van der Waals surface area contributed by atoms with Crippen molar-refractivity contribution in [3.8, 4) is 11.5 Å². The fourth-order valence-corrected chi connectivity index (χ4v) is 3.29. The topological polar surface area (TPSA) is 126 Å². The van der Waals surface area contributed by atoms with Gasteiger partial charge in [0, 0.05) is 13.0 Å². The first-order chi connectivity index (χ1) is 13.7. The molecule has 29 heavy (non-hydrogen) atoms. The van der Waals surface area contributed by atoms with Crippen molar-refractivity contribution in [2.24, 2.45) is 0 Å². The molecule has 0 saturated carbocycles. The minimum atomic E-state index is -1.20. The number of fused-ring (bicyclic) bond motifs is 1. The molecular formula is C19H24N4O6. The van der Waals surface area contributed by atoms with Crippen LogP contribution in [-0.2, 0) is 20.8 Å². The highest BCUT2D eigenvalue weighted by atomic mass is 16.7. The van der Waals surface area contributed by atoms with E-state index in [0.29, 0.717) is 18.0 Å². The summed E-state index contributed by atoms with van der Waals surface area (Å²) in [5, 5.41) is 7.72. The van der Waals surface area contributed by atoms with Gasteiger partial charge < -0.3 is 25.4 Å². The zero-order valence-corrected chi connectivity index (χ0v) is 16.5. The van der Waals surface area contributed by atoms with Gasteiger partial charge in [0.15, 0.2) is 11.5 Å². The number of ether oxygens (including phenoxy) is 2. The third-order valence-electron chi connectivity index (χ3n) is 4.76. The Kier molecular flexibility index (Phi) is 5.62. The molecule has 10 nitrogen and oxygen atoms in total. The van der Waals surface area contributed by atoms with Crippen molar-refractivity contribution in [2.45, 2.75) is 38.8 Å². The van der Waals surface area contributed by atoms with Crippen molar-refractivity contribution in [3.63, 3.8) is 0 Å². The number of nitrogens with one attached hydrogen (secondary N) is 3. The van der Waals surface area contributed by atoms with Crippen molar-refractivity contribution >= 4 is 23.8 Å². The maximum Gasteiger partial charge on any atom is 0.325 e. The number of hydrogen-bond donors (Lipinski definition) is 3. The van der Waals surface area contributed by atoms with Gasteiger partial charge >= 0.3 is 6.03 Å². The molecule has 3 N–H and O–H groups in total. The summed E-state index contributed by atoms with van der Waals surface area (Å²) in [5.41, 5.74) is -0.419. The summed E-state index contributed by atoms with van der Waals surface area (Å²) in [5.74, 6) is -0.245. The lowest BCUT2D eigenvalue weighted by atomic mass is 9.92. The summed E-state index contributed by atoms with van der Waals surface area (Å²) in [6, 6.07) is 3.87. The van der Waals surface area contributed by atoms with Gasteiger partial charge in [-0.15, -0.1) is 0 Å². The molecule has 0 aromatic heterocycles. The predicted molar refractivity (Wildman–Crippen MR) is 101 cm³/mol. The molecule has 10 heteroatoms. The summed E-state index contributed by atoms with van der Waals surface area (Å²) < 4.78 is 10.6. The molecule has 2 atom stereocenters. The molecule has 2 aliphatic heterocycles. The van der Waals surface area contributed by atoms with E-state index in [9.17, 15) is 19.2 Å². The van der Waals surface area contributed by atoms with Crippen LogP contribution < -0.4 is 25.4 Å². The van der Waals surface area contributed by atoms with Crippen molar-refractivity contribution in [1.82, 2.24) is 20.9 Å². The molecule has 2 aliphatic rings. The zero-order chi connectivity index (χ0) is 21.2. The van der Waals surface area contributed by atoms with Crippen LogP contribution >= 0.6 is 0 Å². The number of amides is 5. The van der Waals surface area contributed by atoms with E-state index in [4.69, 9.17) is 9.47 Å². The Morgan fingerprint density at radius 3 is 2.72 bits per heavy atom. The standard InChI is InChI=1S/C19H24N4O6/c1-4-20-16(25)11(2)21-15(24)9-23-17(26)19(3,22-18(23)27)8-12-5-6-13-14(7-12)29-10-28-13/h5-7,11H,4,8-10H2,1-3H3,(H,20,25)(H,21,24)(H,22,27)/t11-,19-/m0/s1. The first-order valence-electron chi connectivity index (χ1n) is 9.33. The van der Waals surface area contributed by atoms with E-state index in [1.807, 2.05) is 0 Å². The van der Waals surface area contributed by atoms with Crippen LogP contribution in [0, 0.1) is 0 Å². The molecule has 0 unspecified atom stereocenters. The molecule has 1 saturated heterocycles. The molecule has 1 aromatic rings. The van der Waals surface area contributed by atoms with Gasteiger partial charge in [-0.25, -0.2) is 4.79 Å². The van der Waals surface area contributed by atoms with Gasteiger partial charge in [0.1, 0.15) is 18.1 Å². The largest absolute Gasteiger partial charge is 0.454 e. The van der Waals surface area contributed by atoms with Crippen molar-refractivity contribution < 1.29 is 28.7 Å². The number of urea groups is 1. The number of rotatable bonds is 7. The molecule has 0 bridgehead atoms. The minimum absolute atomic E-state index is 0.142. The van der Waals surface area contributed by atoms with Crippen molar-refractivity contribution in [2.75, 3.05) is 19.9 Å². The first kappa shape index (κ1) is 20.4. The second kappa shape index (κ2) is 7.98. The number of hydrogen-bond acceptors (Lipinski definition) is 6. The Morgan fingerprint density at radius 2 is 2.00 bits per heavy atom. The minimum Gasteiger partial charge on any atom is -0.454 e. The van der Waals surface area contributed by atoms with Crippen LogP contribution in [-0.4, -0.2) is 60.1 Å². The van der Waals surface area contributed by atoms with Gasteiger partial charge in [-0.05, 0) is 38.5 Å². The van der Waals surface area contributed by atoms with Gasteiger partial charge in [0.05, 0.1) is 0 Å². The van der Waals surface area contributed by atoms with Gasteiger partial charge in [-0.1, -0.05) is 6.07 Å². The van der Waals surface area contributed by atoms with E-state index in [1.165, 1.54) is 6.92 Å². The van der Waals surface area contributed by atoms with Crippen LogP contribution in [0.5, 0.6) is 11.5 Å². The van der Waals surface area contributed by atoms with Crippen molar-refractivity contribution in [1.29, 1.82) is 0 Å². The molecule has 1 aromatic carbocycles. The quantitative estimate of drug-likeness (QED) is 0.545. The van der Waals surface area contributed by atoms with E-state index < -0.39 is 36.0 Å².